The van der Waals surface area contributed by atoms with E-state index in [0.29, 0.717) is 18.7 Å². The van der Waals surface area contributed by atoms with E-state index in [1.54, 1.807) is 0 Å². The van der Waals surface area contributed by atoms with Crippen LogP contribution in [0, 0.1) is 11.6 Å². The maximum Gasteiger partial charge on any atom is 0.153 e. The summed E-state index contributed by atoms with van der Waals surface area (Å²) < 4.78 is 50.6. The maximum atomic E-state index is 13.4. The SMILES string of the molecule is CS(=O)(=O)C1CNNC1C1CCCN1Cc1cc(F)cc(F)c1. The van der Waals surface area contributed by atoms with Crippen LogP contribution in [0.5, 0.6) is 0 Å². The second-order valence-corrected chi connectivity index (χ2v) is 8.64. The van der Waals surface area contributed by atoms with E-state index in [0.717, 1.165) is 25.5 Å². The van der Waals surface area contributed by atoms with Gasteiger partial charge in [0, 0.05) is 31.5 Å². The Morgan fingerprint density at radius 3 is 2.61 bits per heavy atom. The first-order valence-electron chi connectivity index (χ1n) is 7.71. The van der Waals surface area contributed by atoms with Crippen LogP contribution in [0.2, 0.25) is 0 Å². The molecule has 2 saturated heterocycles. The monoisotopic (exact) mass is 345 g/mol. The summed E-state index contributed by atoms with van der Waals surface area (Å²) in [6, 6.07) is 3.31. The van der Waals surface area contributed by atoms with Crippen LogP contribution in [-0.4, -0.2) is 50.0 Å². The zero-order chi connectivity index (χ0) is 16.6. The lowest BCUT2D eigenvalue weighted by atomic mass is 10.0. The zero-order valence-corrected chi connectivity index (χ0v) is 13.7. The van der Waals surface area contributed by atoms with Crippen molar-refractivity contribution < 1.29 is 17.2 Å². The molecule has 2 aliphatic heterocycles. The van der Waals surface area contributed by atoms with Crippen molar-refractivity contribution in [1.29, 1.82) is 0 Å². The topological polar surface area (TPSA) is 61.4 Å². The van der Waals surface area contributed by atoms with Crippen molar-refractivity contribution >= 4 is 9.84 Å². The average Bonchev–Trinajstić information content (AvgIpc) is 3.04. The molecule has 128 valence electrons. The smallest absolute Gasteiger partial charge is 0.153 e. The first kappa shape index (κ1) is 16.8. The number of sulfone groups is 1. The highest BCUT2D eigenvalue weighted by atomic mass is 32.2. The quantitative estimate of drug-likeness (QED) is 0.846. The highest BCUT2D eigenvalue weighted by Crippen LogP contribution is 2.27. The fourth-order valence-corrected chi connectivity index (χ4v) is 4.82. The van der Waals surface area contributed by atoms with Gasteiger partial charge in [-0.2, -0.15) is 0 Å². The second-order valence-electron chi connectivity index (χ2n) is 6.38. The Morgan fingerprint density at radius 2 is 1.96 bits per heavy atom. The molecule has 8 heteroatoms. The molecular weight excluding hydrogens is 324 g/mol. The van der Waals surface area contributed by atoms with Crippen LogP contribution in [0.4, 0.5) is 8.78 Å². The first-order chi connectivity index (χ1) is 10.8. The van der Waals surface area contributed by atoms with Gasteiger partial charge in [0.15, 0.2) is 9.84 Å². The van der Waals surface area contributed by atoms with E-state index in [4.69, 9.17) is 0 Å². The number of hydrogen-bond acceptors (Lipinski definition) is 5. The average molecular weight is 345 g/mol. The molecule has 0 aliphatic carbocycles. The molecule has 0 bridgehead atoms. The largest absolute Gasteiger partial charge is 0.294 e. The molecule has 0 radical (unpaired) electrons. The lowest BCUT2D eigenvalue weighted by molar-refractivity contribution is 0.204. The van der Waals surface area contributed by atoms with Crippen molar-refractivity contribution in [3.63, 3.8) is 0 Å². The van der Waals surface area contributed by atoms with Gasteiger partial charge < -0.3 is 0 Å². The van der Waals surface area contributed by atoms with E-state index in [1.807, 2.05) is 0 Å². The summed E-state index contributed by atoms with van der Waals surface area (Å²) in [6.45, 7) is 1.58. The molecule has 5 nitrogen and oxygen atoms in total. The summed E-state index contributed by atoms with van der Waals surface area (Å²) >= 11 is 0. The van der Waals surface area contributed by atoms with Crippen molar-refractivity contribution in [3.8, 4) is 0 Å². The molecule has 3 atom stereocenters. The van der Waals surface area contributed by atoms with Gasteiger partial charge in [0.25, 0.3) is 0 Å². The van der Waals surface area contributed by atoms with Crippen molar-refractivity contribution in [2.45, 2.75) is 36.7 Å². The summed E-state index contributed by atoms with van der Waals surface area (Å²) in [6.07, 6.45) is 3.06. The second kappa shape index (κ2) is 6.43. The summed E-state index contributed by atoms with van der Waals surface area (Å²) in [5.74, 6) is -1.18. The molecule has 1 aromatic rings. The normalized spacial score (nSPS) is 29.3. The number of likely N-dealkylation sites (tertiary alicyclic amines) is 1. The molecule has 23 heavy (non-hydrogen) atoms. The van der Waals surface area contributed by atoms with Gasteiger partial charge in [-0.05, 0) is 37.1 Å². The van der Waals surface area contributed by atoms with Gasteiger partial charge >= 0.3 is 0 Å². The number of hydrazine groups is 1. The molecule has 0 aromatic heterocycles. The van der Waals surface area contributed by atoms with Gasteiger partial charge in [0.05, 0.1) is 11.3 Å². The zero-order valence-electron chi connectivity index (χ0n) is 12.9. The van der Waals surface area contributed by atoms with Crippen LogP contribution in [-0.2, 0) is 16.4 Å². The molecule has 0 amide bonds. The van der Waals surface area contributed by atoms with Crippen molar-refractivity contribution in [3.05, 3.63) is 35.4 Å². The fourth-order valence-electron chi connectivity index (χ4n) is 3.65. The summed E-state index contributed by atoms with van der Waals surface area (Å²) in [7, 11) is -3.17. The van der Waals surface area contributed by atoms with Crippen LogP contribution in [0.15, 0.2) is 18.2 Å². The number of nitrogens with zero attached hydrogens (tertiary/aromatic N) is 1. The third-order valence-electron chi connectivity index (χ3n) is 4.66. The van der Waals surface area contributed by atoms with Gasteiger partial charge in [-0.3, -0.25) is 15.8 Å². The lowest BCUT2D eigenvalue weighted by Crippen LogP contribution is -2.51. The van der Waals surface area contributed by atoms with E-state index in [-0.39, 0.29) is 12.1 Å². The molecule has 2 heterocycles. The van der Waals surface area contributed by atoms with Gasteiger partial charge in [-0.25, -0.2) is 17.2 Å². The fraction of sp³-hybridized carbons (Fsp3) is 0.600. The summed E-state index contributed by atoms with van der Waals surface area (Å²) in [4.78, 5) is 2.11. The van der Waals surface area contributed by atoms with Crippen LogP contribution in [0.25, 0.3) is 0 Å². The van der Waals surface area contributed by atoms with E-state index >= 15 is 0 Å². The minimum Gasteiger partial charge on any atom is -0.294 e. The number of benzene rings is 1. The van der Waals surface area contributed by atoms with E-state index in [2.05, 4.69) is 15.8 Å². The summed E-state index contributed by atoms with van der Waals surface area (Å²) in [5.41, 5.74) is 6.57. The molecule has 3 rings (SSSR count). The molecule has 0 saturated carbocycles. The third kappa shape index (κ3) is 3.71. The Kier molecular flexibility index (Phi) is 4.68. The molecule has 0 spiro atoms. The molecule has 3 unspecified atom stereocenters. The molecule has 2 aliphatic rings. The minimum absolute atomic E-state index is 0.0241. The number of halogens is 2. The van der Waals surface area contributed by atoms with Crippen LogP contribution >= 0.6 is 0 Å². The van der Waals surface area contributed by atoms with E-state index < -0.39 is 26.7 Å². The predicted octanol–water partition coefficient (Wildman–Crippen LogP) is 0.819. The van der Waals surface area contributed by atoms with Gasteiger partial charge in [0.2, 0.25) is 0 Å². The Morgan fingerprint density at radius 1 is 1.26 bits per heavy atom. The van der Waals surface area contributed by atoms with Crippen molar-refractivity contribution in [2.24, 2.45) is 0 Å². The molecular formula is C15H21F2N3O2S. The van der Waals surface area contributed by atoms with E-state index in [9.17, 15) is 17.2 Å². The number of nitrogens with one attached hydrogen (secondary N) is 2. The van der Waals surface area contributed by atoms with Crippen molar-refractivity contribution in [1.82, 2.24) is 15.8 Å². The number of rotatable bonds is 4. The highest BCUT2D eigenvalue weighted by molar-refractivity contribution is 7.91. The van der Waals surface area contributed by atoms with Crippen LogP contribution in [0.3, 0.4) is 0 Å². The van der Waals surface area contributed by atoms with Crippen LogP contribution < -0.4 is 10.9 Å². The lowest BCUT2D eigenvalue weighted by Gasteiger charge is -2.31. The number of hydrogen-bond donors (Lipinski definition) is 2. The van der Waals surface area contributed by atoms with Gasteiger partial charge in [-0.1, -0.05) is 0 Å². The predicted molar refractivity (Wildman–Crippen MR) is 83.3 cm³/mol. The Hall–Kier alpha value is -1.09. The highest BCUT2D eigenvalue weighted by Gasteiger charge is 2.43. The van der Waals surface area contributed by atoms with Crippen molar-refractivity contribution in [2.75, 3.05) is 19.3 Å². The Labute approximate surface area is 134 Å². The first-order valence-corrected chi connectivity index (χ1v) is 9.66. The molecule has 2 fully saturated rings. The standard InChI is InChI=1S/C15H21F2N3O2S/c1-23(21,22)14-8-18-19-15(14)13-3-2-4-20(13)9-10-5-11(16)7-12(17)6-10/h5-7,13-15,18-19H,2-4,8-9H2,1H3. The minimum atomic E-state index is -3.17. The molecule has 1 aromatic carbocycles. The maximum absolute atomic E-state index is 13.4. The third-order valence-corrected chi connectivity index (χ3v) is 6.22. The Bertz CT molecular complexity index is 663. The van der Waals surface area contributed by atoms with E-state index in [1.165, 1.54) is 18.4 Å². The summed E-state index contributed by atoms with van der Waals surface area (Å²) in [5, 5.41) is -0.489. The van der Waals surface area contributed by atoms with Gasteiger partial charge in [-0.15, -0.1) is 0 Å². The van der Waals surface area contributed by atoms with Gasteiger partial charge in [0.1, 0.15) is 11.6 Å². The molecule has 2 N–H and O–H groups in total. The Balaban J connectivity index is 1.77. The van der Waals surface area contributed by atoms with Crippen LogP contribution in [0.1, 0.15) is 18.4 Å².